The number of nitrogens with one attached hydrogen (secondary N) is 1. The summed E-state index contributed by atoms with van der Waals surface area (Å²) in [6.45, 7) is 6.73. The molecule has 0 radical (unpaired) electrons. The molecule has 2 rings (SSSR count). The van der Waals surface area contributed by atoms with Crippen molar-refractivity contribution < 1.29 is 4.74 Å². The Labute approximate surface area is 100 Å². The lowest BCUT2D eigenvalue weighted by atomic mass is 9.79. The summed E-state index contributed by atoms with van der Waals surface area (Å²) in [4.78, 5) is 0. The Morgan fingerprint density at radius 1 is 1.31 bits per heavy atom. The van der Waals surface area contributed by atoms with Crippen molar-refractivity contribution >= 4 is 0 Å². The number of rotatable bonds is 4. The van der Waals surface area contributed by atoms with Gasteiger partial charge in [-0.3, -0.25) is 0 Å². The number of ether oxygens (including phenoxy) is 1. The van der Waals surface area contributed by atoms with E-state index in [-0.39, 0.29) is 5.60 Å². The van der Waals surface area contributed by atoms with E-state index >= 15 is 0 Å². The highest BCUT2D eigenvalue weighted by atomic mass is 16.5. The Morgan fingerprint density at radius 3 is 2.75 bits per heavy atom. The first-order valence-corrected chi connectivity index (χ1v) is 7.14. The van der Waals surface area contributed by atoms with Gasteiger partial charge in [-0.25, -0.2) is 0 Å². The molecule has 2 atom stereocenters. The van der Waals surface area contributed by atoms with E-state index in [1.165, 1.54) is 44.9 Å². The molecule has 1 N–H and O–H groups in total. The molecule has 1 heterocycles. The molecule has 1 saturated carbocycles. The smallest absolute Gasteiger partial charge is 0.0835 e. The highest BCUT2D eigenvalue weighted by Gasteiger charge is 2.44. The van der Waals surface area contributed by atoms with Crippen LogP contribution in [-0.4, -0.2) is 24.8 Å². The summed E-state index contributed by atoms with van der Waals surface area (Å²) in [6, 6.07) is 0.627. The fourth-order valence-electron chi connectivity index (χ4n) is 3.16. The van der Waals surface area contributed by atoms with E-state index in [9.17, 15) is 0 Å². The molecule has 2 unspecified atom stereocenters. The Bertz CT molecular complexity index is 211. The van der Waals surface area contributed by atoms with Gasteiger partial charge in [-0.15, -0.1) is 0 Å². The van der Waals surface area contributed by atoms with Crippen LogP contribution in [0.4, 0.5) is 0 Å². The van der Waals surface area contributed by atoms with Crippen LogP contribution in [-0.2, 0) is 4.74 Å². The molecule has 0 aromatic heterocycles. The molecule has 1 saturated heterocycles. The molecule has 2 heteroatoms. The van der Waals surface area contributed by atoms with Gasteiger partial charge in [-0.1, -0.05) is 39.5 Å². The molecule has 0 aromatic rings. The maximum Gasteiger partial charge on any atom is 0.0835 e. The standard InChI is InChI=1S/C14H27NO/c1-3-12(2)11-15-13-7-10-16-14(13)8-5-4-6-9-14/h12-13,15H,3-11H2,1-2H3. The normalized spacial score (nSPS) is 30.8. The van der Waals surface area contributed by atoms with Crippen molar-refractivity contribution in [3.05, 3.63) is 0 Å². The van der Waals surface area contributed by atoms with Crippen LogP contribution < -0.4 is 5.32 Å². The minimum absolute atomic E-state index is 0.214. The van der Waals surface area contributed by atoms with Gasteiger partial charge in [0.05, 0.1) is 5.60 Å². The average Bonchev–Trinajstić information content (AvgIpc) is 2.70. The predicted octanol–water partition coefficient (Wildman–Crippen LogP) is 3.11. The van der Waals surface area contributed by atoms with Gasteiger partial charge in [0.1, 0.15) is 0 Å². The van der Waals surface area contributed by atoms with E-state index in [0.29, 0.717) is 6.04 Å². The van der Waals surface area contributed by atoms with E-state index in [1.54, 1.807) is 0 Å². The summed E-state index contributed by atoms with van der Waals surface area (Å²) in [5, 5.41) is 3.77. The molecule has 2 nitrogen and oxygen atoms in total. The van der Waals surface area contributed by atoms with Crippen LogP contribution in [0.2, 0.25) is 0 Å². The Kier molecular flexibility index (Phi) is 4.26. The van der Waals surface area contributed by atoms with Gasteiger partial charge in [-0.2, -0.15) is 0 Å². The molecule has 16 heavy (non-hydrogen) atoms. The van der Waals surface area contributed by atoms with Gasteiger partial charge in [0.2, 0.25) is 0 Å². The van der Waals surface area contributed by atoms with Crippen molar-refractivity contribution in [1.82, 2.24) is 5.32 Å². The summed E-state index contributed by atoms with van der Waals surface area (Å²) < 4.78 is 6.10. The van der Waals surface area contributed by atoms with Gasteiger partial charge in [-0.05, 0) is 31.7 Å². The summed E-state index contributed by atoms with van der Waals surface area (Å²) in [7, 11) is 0. The van der Waals surface area contributed by atoms with Gasteiger partial charge in [0, 0.05) is 12.6 Å². The topological polar surface area (TPSA) is 21.3 Å². The van der Waals surface area contributed by atoms with Gasteiger partial charge in [0.25, 0.3) is 0 Å². The number of hydrogen-bond acceptors (Lipinski definition) is 2. The quantitative estimate of drug-likeness (QED) is 0.794. The fourth-order valence-corrected chi connectivity index (χ4v) is 3.16. The highest BCUT2D eigenvalue weighted by Crippen LogP contribution is 2.39. The molecule has 1 aliphatic carbocycles. The van der Waals surface area contributed by atoms with Crippen molar-refractivity contribution in [2.75, 3.05) is 13.2 Å². The first-order chi connectivity index (χ1) is 7.77. The zero-order valence-electron chi connectivity index (χ0n) is 10.9. The van der Waals surface area contributed by atoms with Crippen molar-refractivity contribution in [2.45, 2.75) is 70.4 Å². The molecule has 0 amide bonds. The van der Waals surface area contributed by atoms with Gasteiger partial charge < -0.3 is 10.1 Å². The summed E-state index contributed by atoms with van der Waals surface area (Å²) >= 11 is 0. The summed E-state index contributed by atoms with van der Waals surface area (Å²) in [5.74, 6) is 0.793. The van der Waals surface area contributed by atoms with Crippen molar-refractivity contribution in [3.8, 4) is 0 Å². The van der Waals surface area contributed by atoms with E-state index in [2.05, 4.69) is 19.2 Å². The first kappa shape index (κ1) is 12.4. The SMILES string of the molecule is CCC(C)CNC1CCOC12CCCCC2. The highest BCUT2D eigenvalue weighted by molar-refractivity contribution is 4.99. The zero-order valence-corrected chi connectivity index (χ0v) is 10.9. The molecule has 0 bridgehead atoms. The predicted molar refractivity (Wildman–Crippen MR) is 67.6 cm³/mol. The maximum absolute atomic E-state index is 6.10. The molecular weight excluding hydrogens is 198 g/mol. The van der Waals surface area contributed by atoms with E-state index in [0.717, 1.165) is 19.1 Å². The van der Waals surface area contributed by atoms with E-state index in [1.807, 2.05) is 0 Å². The lowest BCUT2D eigenvalue weighted by Crippen LogP contribution is -2.49. The van der Waals surface area contributed by atoms with Crippen LogP contribution in [0, 0.1) is 5.92 Å². The second-order valence-electron chi connectivity index (χ2n) is 5.74. The summed E-state index contributed by atoms with van der Waals surface area (Å²) in [5.41, 5.74) is 0.214. The van der Waals surface area contributed by atoms with Gasteiger partial charge >= 0.3 is 0 Å². The minimum Gasteiger partial charge on any atom is -0.373 e. The molecule has 2 aliphatic rings. The molecule has 2 fully saturated rings. The molecular formula is C14H27NO. The third kappa shape index (κ3) is 2.60. The fraction of sp³-hybridized carbons (Fsp3) is 1.00. The van der Waals surface area contributed by atoms with Crippen LogP contribution in [0.3, 0.4) is 0 Å². The van der Waals surface area contributed by atoms with Crippen LogP contribution in [0.25, 0.3) is 0 Å². The van der Waals surface area contributed by atoms with E-state index < -0.39 is 0 Å². The zero-order chi connectivity index (χ0) is 11.4. The average molecular weight is 225 g/mol. The maximum atomic E-state index is 6.10. The van der Waals surface area contributed by atoms with Gasteiger partial charge in [0.15, 0.2) is 0 Å². The van der Waals surface area contributed by atoms with E-state index in [4.69, 9.17) is 4.74 Å². The molecule has 0 aromatic carbocycles. The van der Waals surface area contributed by atoms with Crippen LogP contribution in [0.1, 0.15) is 58.8 Å². The Balaban J connectivity index is 1.87. The van der Waals surface area contributed by atoms with Crippen molar-refractivity contribution in [2.24, 2.45) is 5.92 Å². The van der Waals surface area contributed by atoms with Crippen LogP contribution in [0.5, 0.6) is 0 Å². The molecule has 94 valence electrons. The largest absolute Gasteiger partial charge is 0.373 e. The lowest BCUT2D eigenvalue weighted by Gasteiger charge is -2.38. The third-order valence-electron chi connectivity index (χ3n) is 4.54. The minimum atomic E-state index is 0.214. The van der Waals surface area contributed by atoms with Crippen molar-refractivity contribution in [3.63, 3.8) is 0 Å². The molecule has 1 spiro atoms. The third-order valence-corrected chi connectivity index (χ3v) is 4.54. The summed E-state index contributed by atoms with van der Waals surface area (Å²) in [6.07, 6.45) is 9.19. The second kappa shape index (κ2) is 5.50. The van der Waals surface area contributed by atoms with Crippen molar-refractivity contribution in [1.29, 1.82) is 0 Å². The monoisotopic (exact) mass is 225 g/mol. The number of hydrogen-bond donors (Lipinski definition) is 1. The van der Waals surface area contributed by atoms with Crippen LogP contribution in [0.15, 0.2) is 0 Å². The molecule has 1 aliphatic heterocycles. The second-order valence-corrected chi connectivity index (χ2v) is 5.74. The first-order valence-electron chi connectivity index (χ1n) is 7.14. The Hall–Kier alpha value is -0.0800. The lowest BCUT2D eigenvalue weighted by molar-refractivity contribution is -0.0390. The van der Waals surface area contributed by atoms with Crippen LogP contribution >= 0.6 is 0 Å². The Morgan fingerprint density at radius 2 is 2.06 bits per heavy atom.